The highest BCUT2D eigenvalue weighted by Gasteiger charge is 2.30. The Kier molecular flexibility index (Phi) is 3.91. The lowest BCUT2D eigenvalue weighted by atomic mass is 9.87. The summed E-state index contributed by atoms with van der Waals surface area (Å²) >= 11 is 0. The quantitative estimate of drug-likeness (QED) is 0.760. The predicted octanol–water partition coefficient (Wildman–Crippen LogP) is 2.40. The number of nitrogens with one attached hydrogen (secondary N) is 1. The smallest absolute Gasteiger partial charge is 0.226 e. The first-order valence-corrected chi connectivity index (χ1v) is 9.99. The van der Waals surface area contributed by atoms with Gasteiger partial charge in [-0.15, -0.1) is 0 Å². The molecule has 134 valence electrons. The summed E-state index contributed by atoms with van der Waals surface area (Å²) in [5.41, 5.74) is 1.79. The minimum atomic E-state index is -3.25. The van der Waals surface area contributed by atoms with Crippen molar-refractivity contribution in [3.05, 3.63) is 65.7 Å². The third kappa shape index (κ3) is 3.03. The highest BCUT2D eigenvalue weighted by Crippen LogP contribution is 2.37. The van der Waals surface area contributed by atoms with Crippen molar-refractivity contribution in [2.24, 2.45) is 0 Å². The highest BCUT2D eigenvalue weighted by molar-refractivity contribution is 7.90. The van der Waals surface area contributed by atoms with Crippen LogP contribution in [-0.2, 0) is 21.2 Å². The second-order valence-corrected chi connectivity index (χ2v) is 8.35. The molecule has 7 nitrogen and oxygen atoms in total. The van der Waals surface area contributed by atoms with Crippen molar-refractivity contribution in [3.63, 3.8) is 0 Å². The fraction of sp³-hybridized carbons (Fsp3) is 0.222. The van der Waals surface area contributed by atoms with Crippen LogP contribution in [-0.4, -0.2) is 30.4 Å². The number of sulfone groups is 1. The van der Waals surface area contributed by atoms with Crippen LogP contribution < -0.4 is 5.32 Å². The fourth-order valence-electron chi connectivity index (χ4n) is 3.18. The lowest BCUT2D eigenvalue weighted by Gasteiger charge is -2.23. The van der Waals surface area contributed by atoms with Gasteiger partial charge in [-0.2, -0.15) is 5.10 Å². The Morgan fingerprint density at radius 3 is 2.69 bits per heavy atom. The van der Waals surface area contributed by atoms with E-state index in [0.717, 1.165) is 16.9 Å². The van der Waals surface area contributed by atoms with Gasteiger partial charge in [-0.3, -0.25) is 4.79 Å². The zero-order valence-corrected chi connectivity index (χ0v) is 14.9. The molecule has 4 rings (SSSR count). The van der Waals surface area contributed by atoms with Crippen LogP contribution in [0.5, 0.6) is 0 Å². The number of hydrogen-bond acceptors (Lipinski definition) is 5. The molecule has 0 aliphatic carbocycles. The molecular formula is C18H17N3O4S. The molecule has 1 aliphatic rings. The molecule has 1 aromatic carbocycles. The van der Waals surface area contributed by atoms with E-state index >= 15 is 0 Å². The van der Waals surface area contributed by atoms with Crippen LogP contribution in [0.4, 0.5) is 5.82 Å². The van der Waals surface area contributed by atoms with E-state index < -0.39 is 9.84 Å². The molecule has 3 heterocycles. The molecule has 0 saturated heterocycles. The minimum Gasteiger partial charge on any atom is -0.467 e. The minimum absolute atomic E-state index is 0.101. The molecular weight excluding hydrogens is 354 g/mol. The standard InChI is InChI=1S/C18H17N3O4S/c1-26(23,24)14-6-4-12(5-7-14)15-9-17(22)20-18-16(15)10-19-21(18)11-13-3-2-8-25-13/h2-8,10,15H,9,11H2,1H3,(H,20,22)/t15-/m0/s1. The van der Waals surface area contributed by atoms with Crippen molar-refractivity contribution >= 4 is 21.6 Å². The number of benzene rings is 1. The van der Waals surface area contributed by atoms with Crippen LogP contribution in [0, 0.1) is 0 Å². The first kappa shape index (κ1) is 16.6. The van der Waals surface area contributed by atoms with Gasteiger partial charge in [-0.25, -0.2) is 13.1 Å². The van der Waals surface area contributed by atoms with Gasteiger partial charge in [-0.1, -0.05) is 12.1 Å². The van der Waals surface area contributed by atoms with E-state index in [1.807, 2.05) is 6.07 Å². The van der Waals surface area contributed by atoms with E-state index in [1.165, 1.54) is 6.26 Å². The Morgan fingerprint density at radius 2 is 2.04 bits per heavy atom. The van der Waals surface area contributed by atoms with Gasteiger partial charge in [0.2, 0.25) is 5.91 Å². The first-order chi connectivity index (χ1) is 12.4. The van der Waals surface area contributed by atoms with Crippen molar-refractivity contribution in [1.29, 1.82) is 0 Å². The molecule has 0 radical (unpaired) electrons. The van der Waals surface area contributed by atoms with E-state index in [-0.39, 0.29) is 23.1 Å². The number of fused-ring (bicyclic) bond motifs is 1. The molecule has 26 heavy (non-hydrogen) atoms. The number of carbonyl (C=O) groups excluding carboxylic acids is 1. The maximum Gasteiger partial charge on any atom is 0.226 e. The fourth-order valence-corrected chi connectivity index (χ4v) is 3.82. The number of nitrogens with zero attached hydrogens (tertiary/aromatic N) is 2. The van der Waals surface area contributed by atoms with Crippen molar-refractivity contribution < 1.29 is 17.6 Å². The molecule has 0 saturated carbocycles. The molecule has 3 aromatic rings. The largest absolute Gasteiger partial charge is 0.467 e. The summed E-state index contributed by atoms with van der Waals surface area (Å²) in [5.74, 6) is 1.12. The van der Waals surface area contributed by atoms with Crippen LogP contribution in [0.15, 0.2) is 58.2 Å². The number of carbonyl (C=O) groups is 1. The van der Waals surface area contributed by atoms with Crippen molar-refractivity contribution in [3.8, 4) is 0 Å². The van der Waals surface area contributed by atoms with Gasteiger partial charge < -0.3 is 9.73 Å². The second-order valence-electron chi connectivity index (χ2n) is 6.33. The Morgan fingerprint density at radius 1 is 1.27 bits per heavy atom. The Labute approximate surface area is 150 Å². The summed E-state index contributed by atoms with van der Waals surface area (Å²) in [6.07, 6.45) is 4.80. The van der Waals surface area contributed by atoms with E-state index in [4.69, 9.17) is 4.42 Å². The Hall–Kier alpha value is -2.87. The molecule has 0 bridgehead atoms. The predicted molar refractivity (Wildman–Crippen MR) is 94.7 cm³/mol. The Balaban J connectivity index is 1.69. The van der Waals surface area contributed by atoms with Crippen molar-refractivity contribution in [2.45, 2.75) is 23.8 Å². The molecule has 2 aromatic heterocycles. The average molecular weight is 371 g/mol. The number of amides is 1. The van der Waals surface area contributed by atoms with Gasteiger partial charge in [0.1, 0.15) is 18.1 Å². The summed E-state index contributed by atoms with van der Waals surface area (Å²) in [7, 11) is -3.25. The third-order valence-electron chi connectivity index (χ3n) is 4.49. The number of aromatic nitrogens is 2. The molecule has 1 atom stereocenters. The summed E-state index contributed by atoms with van der Waals surface area (Å²) in [6, 6.07) is 10.3. The third-order valence-corrected chi connectivity index (χ3v) is 5.62. The molecule has 1 amide bonds. The summed E-state index contributed by atoms with van der Waals surface area (Å²) in [5, 5.41) is 7.27. The molecule has 1 N–H and O–H groups in total. The van der Waals surface area contributed by atoms with Gasteiger partial charge in [0.25, 0.3) is 0 Å². The number of anilines is 1. The SMILES string of the molecule is CS(=O)(=O)c1ccc([C@@H]2CC(=O)Nc3c2cnn3Cc2ccco2)cc1. The highest BCUT2D eigenvalue weighted by atomic mass is 32.2. The van der Waals surface area contributed by atoms with Gasteiger partial charge in [0, 0.05) is 24.2 Å². The van der Waals surface area contributed by atoms with Crippen molar-refractivity contribution in [1.82, 2.24) is 9.78 Å². The number of hydrogen-bond donors (Lipinski definition) is 1. The molecule has 0 spiro atoms. The van der Waals surface area contributed by atoms with E-state index in [9.17, 15) is 13.2 Å². The number of rotatable bonds is 4. The maximum absolute atomic E-state index is 12.2. The topological polar surface area (TPSA) is 94.2 Å². The van der Waals surface area contributed by atoms with Crippen molar-refractivity contribution in [2.75, 3.05) is 11.6 Å². The van der Waals surface area contributed by atoms with Crippen LogP contribution in [0.3, 0.4) is 0 Å². The normalized spacial score (nSPS) is 17.0. The van der Waals surface area contributed by atoms with Gasteiger partial charge in [0.05, 0.1) is 17.4 Å². The summed E-state index contributed by atoms with van der Waals surface area (Å²) in [4.78, 5) is 12.5. The van der Waals surface area contributed by atoms with E-state index in [2.05, 4.69) is 10.4 Å². The van der Waals surface area contributed by atoms with Gasteiger partial charge in [-0.05, 0) is 29.8 Å². The zero-order chi connectivity index (χ0) is 18.3. The van der Waals surface area contributed by atoms with E-state index in [0.29, 0.717) is 12.4 Å². The van der Waals surface area contributed by atoms with Crippen LogP contribution in [0.1, 0.15) is 29.2 Å². The number of furan rings is 1. The molecule has 0 unspecified atom stereocenters. The van der Waals surface area contributed by atoms with Crippen LogP contribution in [0.25, 0.3) is 0 Å². The lowest BCUT2D eigenvalue weighted by molar-refractivity contribution is -0.116. The van der Waals surface area contributed by atoms with Crippen LogP contribution >= 0.6 is 0 Å². The van der Waals surface area contributed by atoms with Gasteiger partial charge in [0.15, 0.2) is 9.84 Å². The first-order valence-electron chi connectivity index (χ1n) is 8.10. The van der Waals surface area contributed by atoms with E-state index in [1.54, 1.807) is 47.5 Å². The molecule has 1 aliphatic heterocycles. The average Bonchev–Trinajstić information content (AvgIpc) is 3.24. The Bertz CT molecular complexity index is 1050. The lowest BCUT2D eigenvalue weighted by Crippen LogP contribution is -2.25. The summed E-state index contributed by atoms with van der Waals surface area (Å²) in [6.45, 7) is 0.419. The second kappa shape index (κ2) is 6.14. The molecule has 8 heteroatoms. The maximum atomic E-state index is 12.2. The summed E-state index contributed by atoms with van der Waals surface area (Å²) < 4.78 is 30.3. The van der Waals surface area contributed by atoms with Crippen LogP contribution in [0.2, 0.25) is 0 Å². The molecule has 0 fully saturated rings. The monoisotopic (exact) mass is 371 g/mol. The zero-order valence-electron chi connectivity index (χ0n) is 14.0. The van der Waals surface area contributed by atoms with Gasteiger partial charge >= 0.3 is 0 Å².